The fourth-order valence-electron chi connectivity index (χ4n) is 2.07. The molecule has 0 saturated carbocycles. The number of carbonyl (C=O) groups excluding carboxylic acids is 2. The van der Waals surface area contributed by atoms with Crippen molar-refractivity contribution < 1.29 is 14.3 Å². The number of anilines is 1. The molecule has 2 rings (SSSR count). The quantitative estimate of drug-likeness (QED) is 0.871. The maximum absolute atomic E-state index is 12.3. The zero-order valence-corrected chi connectivity index (χ0v) is 14.5. The molecule has 24 heavy (non-hydrogen) atoms. The lowest BCUT2D eigenvalue weighted by Gasteiger charge is -2.15. The van der Waals surface area contributed by atoms with Gasteiger partial charge in [0.15, 0.2) is 6.10 Å². The smallest absolute Gasteiger partial charge is 0.265 e. The Balaban J connectivity index is 2.03. The second-order valence-electron chi connectivity index (χ2n) is 5.32. The summed E-state index contributed by atoms with van der Waals surface area (Å²) in [6.07, 6.45) is -0.700. The van der Waals surface area contributed by atoms with Gasteiger partial charge < -0.3 is 15.4 Å². The zero-order valence-electron chi connectivity index (χ0n) is 13.7. The highest BCUT2D eigenvalue weighted by Crippen LogP contribution is 2.22. The van der Waals surface area contributed by atoms with Crippen molar-refractivity contribution in [2.45, 2.75) is 20.0 Å². The lowest BCUT2D eigenvalue weighted by Crippen LogP contribution is -2.30. The molecule has 2 aromatic rings. The maximum atomic E-state index is 12.3. The van der Waals surface area contributed by atoms with E-state index in [1.165, 1.54) is 0 Å². The van der Waals surface area contributed by atoms with Crippen LogP contribution in [0.5, 0.6) is 5.75 Å². The Hall–Kier alpha value is -2.53. The minimum absolute atomic E-state index is 0.216. The van der Waals surface area contributed by atoms with Crippen molar-refractivity contribution in [1.82, 2.24) is 5.32 Å². The maximum Gasteiger partial charge on any atom is 0.265 e. The van der Waals surface area contributed by atoms with Crippen molar-refractivity contribution >= 4 is 29.1 Å². The van der Waals surface area contributed by atoms with Gasteiger partial charge >= 0.3 is 0 Å². The van der Waals surface area contributed by atoms with Crippen LogP contribution < -0.4 is 15.4 Å². The molecule has 0 bridgehead atoms. The van der Waals surface area contributed by atoms with Crippen LogP contribution in [0.3, 0.4) is 0 Å². The van der Waals surface area contributed by atoms with E-state index in [-0.39, 0.29) is 11.8 Å². The van der Waals surface area contributed by atoms with E-state index >= 15 is 0 Å². The first-order valence-electron chi connectivity index (χ1n) is 7.46. The Morgan fingerprint density at radius 2 is 1.92 bits per heavy atom. The van der Waals surface area contributed by atoms with Crippen LogP contribution in [0.2, 0.25) is 5.02 Å². The molecule has 0 spiro atoms. The Kier molecular flexibility index (Phi) is 5.82. The Morgan fingerprint density at radius 1 is 1.17 bits per heavy atom. The Labute approximate surface area is 146 Å². The third kappa shape index (κ3) is 4.49. The molecule has 0 fully saturated rings. The SMILES string of the molecule is CNC(=O)c1cccc(NC(=O)C(C)Oc2ccc(Cl)c(C)c2)c1. The van der Waals surface area contributed by atoms with Gasteiger partial charge in [0.1, 0.15) is 5.75 Å². The predicted octanol–water partition coefficient (Wildman–Crippen LogP) is 3.41. The molecule has 5 nitrogen and oxygen atoms in total. The van der Waals surface area contributed by atoms with Gasteiger partial charge in [0, 0.05) is 23.3 Å². The van der Waals surface area contributed by atoms with Gasteiger partial charge in [-0.25, -0.2) is 0 Å². The second-order valence-corrected chi connectivity index (χ2v) is 5.73. The fourth-order valence-corrected chi connectivity index (χ4v) is 2.19. The monoisotopic (exact) mass is 346 g/mol. The summed E-state index contributed by atoms with van der Waals surface area (Å²) >= 11 is 5.97. The van der Waals surface area contributed by atoms with Crippen molar-refractivity contribution in [3.63, 3.8) is 0 Å². The molecule has 2 amide bonds. The van der Waals surface area contributed by atoms with E-state index < -0.39 is 6.10 Å². The molecule has 6 heteroatoms. The molecule has 0 aliphatic heterocycles. The van der Waals surface area contributed by atoms with Crippen molar-refractivity contribution in [2.24, 2.45) is 0 Å². The van der Waals surface area contributed by atoms with Crippen molar-refractivity contribution in [3.05, 3.63) is 58.6 Å². The van der Waals surface area contributed by atoms with Crippen LogP contribution in [0.15, 0.2) is 42.5 Å². The fraction of sp³-hybridized carbons (Fsp3) is 0.222. The summed E-state index contributed by atoms with van der Waals surface area (Å²) in [5.41, 5.74) is 1.88. The van der Waals surface area contributed by atoms with Crippen molar-refractivity contribution in [1.29, 1.82) is 0 Å². The Morgan fingerprint density at radius 3 is 2.58 bits per heavy atom. The molecule has 0 saturated heterocycles. The largest absolute Gasteiger partial charge is 0.481 e. The lowest BCUT2D eigenvalue weighted by atomic mass is 10.2. The summed E-state index contributed by atoms with van der Waals surface area (Å²) in [5, 5.41) is 5.92. The third-order valence-electron chi connectivity index (χ3n) is 3.43. The minimum Gasteiger partial charge on any atom is -0.481 e. The van der Waals surface area contributed by atoms with E-state index in [0.717, 1.165) is 5.56 Å². The van der Waals surface area contributed by atoms with Crippen molar-refractivity contribution in [2.75, 3.05) is 12.4 Å². The predicted molar refractivity (Wildman–Crippen MR) is 94.7 cm³/mol. The van der Waals surface area contributed by atoms with Crippen LogP contribution in [0.4, 0.5) is 5.69 Å². The molecule has 0 heterocycles. The zero-order chi connectivity index (χ0) is 17.7. The molecule has 126 valence electrons. The van der Waals surface area contributed by atoms with E-state index in [0.29, 0.717) is 22.0 Å². The van der Waals surface area contributed by atoms with Gasteiger partial charge in [0.05, 0.1) is 0 Å². The van der Waals surface area contributed by atoms with E-state index in [1.807, 2.05) is 6.92 Å². The van der Waals surface area contributed by atoms with E-state index in [1.54, 1.807) is 56.4 Å². The van der Waals surface area contributed by atoms with Crippen molar-refractivity contribution in [3.8, 4) is 5.75 Å². The number of ether oxygens (including phenoxy) is 1. The van der Waals surface area contributed by atoms with Gasteiger partial charge in [-0.3, -0.25) is 9.59 Å². The minimum atomic E-state index is -0.700. The number of halogens is 1. The van der Waals surface area contributed by atoms with Crippen LogP contribution in [0.25, 0.3) is 0 Å². The molecular formula is C18H19ClN2O3. The number of rotatable bonds is 5. The van der Waals surface area contributed by atoms with Crippen LogP contribution in [-0.4, -0.2) is 25.0 Å². The molecule has 2 aromatic carbocycles. The first-order chi connectivity index (χ1) is 11.4. The van der Waals surface area contributed by atoms with E-state index in [9.17, 15) is 9.59 Å². The summed E-state index contributed by atoms with van der Waals surface area (Å²) in [5.74, 6) is 0.0439. The summed E-state index contributed by atoms with van der Waals surface area (Å²) in [4.78, 5) is 23.9. The van der Waals surface area contributed by atoms with E-state index in [4.69, 9.17) is 16.3 Å². The molecule has 0 radical (unpaired) electrons. The molecule has 0 aliphatic carbocycles. The van der Waals surface area contributed by atoms with Gasteiger partial charge in [0.25, 0.3) is 11.8 Å². The molecule has 1 unspecified atom stereocenters. The molecule has 0 aliphatic rings. The van der Waals surface area contributed by atoms with Crippen LogP contribution in [-0.2, 0) is 4.79 Å². The highest BCUT2D eigenvalue weighted by Gasteiger charge is 2.16. The topological polar surface area (TPSA) is 67.4 Å². The lowest BCUT2D eigenvalue weighted by molar-refractivity contribution is -0.122. The van der Waals surface area contributed by atoms with Gasteiger partial charge in [-0.15, -0.1) is 0 Å². The third-order valence-corrected chi connectivity index (χ3v) is 3.85. The van der Waals surface area contributed by atoms with Gasteiger partial charge in [-0.1, -0.05) is 17.7 Å². The van der Waals surface area contributed by atoms with Crippen LogP contribution >= 0.6 is 11.6 Å². The number of carbonyl (C=O) groups is 2. The average molecular weight is 347 g/mol. The second kappa shape index (κ2) is 7.84. The summed E-state index contributed by atoms with van der Waals surface area (Å²) in [6, 6.07) is 11.9. The van der Waals surface area contributed by atoms with Crippen LogP contribution in [0, 0.1) is 6.92 Å². The number of benzene rings is 2. The molecule has 1 atom stereocenters. The van der Waals surface area contributed by atoms with E-state index in [2.05, 4.69) is 10.6 Å². The number of hydrogen-bond acceptors (Lipinski definition) is 3. The highest BCUT2D eigenvalue weighted by atomic mass is 35.5. The Bertz CT molecular complexity index is 762. The normalized spacial score (nSPS) is 11.5. The number of aryl methyl sites for hydroxylation is 1. The van der Waals surface area contributed by atoms with Crippen LogP contribution in [0.1, 0.15) is 22.8 Å². The number of nitrogens with one attached hydrogen (secondary N) is 2. The first-order valence-corrected chi connectivity index (χ1v) is 7.84. The van der Waals surface area contributed by atoms with Gasteiger partial charge in [-0.05, 0) is 55.8 Å². The summed E-state index contributed by atoms with van der Waals surface area (Å²) < 4.78 is 5.63. The molecule has 2 N–H and O–H groups in total. The highest BCUT2D eigenvalue weighted by molar-refractivity contribution is 6.31. The van der Waals surface area contributed by atoms with Gasteiger partial charge in [-0.2, -0.15) is 0 Å². The first kappa shape index (κ1) is 17.8. The number of hydrogen-bond donors (Lipinski definition) is 2. The number of amides is 2. The summed E-state index contributed by atoms with van der Waals surface area (Å²) in [6.45, 7) is 3.52. The average Bonchev–Trinajstić information content (AvgIpc) is 2.57. The van der Waals surface area contributed by atoms with Gasteiger partial charge in [0.2, 0.25) is 0 Å². The molecule has 0 aromatic heterocycles. The standard InChI is InChI=1S/C18H19ClN2O3/c1-11-9-15(7-8-16(11)19)24-12(2)17(22)21-14-6-4-5-13(10-14)18(23)20-3/h4-10,12H,1-3H3,(H,20,23)(H,21,22). The molecular weight excluding hydrogens is 328 g/mol. The summed E-state index contributed by atoms with van der Waals surface area (Å²) in [7, 11) is 1.55.